The zero-order valence-corrected chi connectivity index (χ0v) is 8.02. The Bertz CT molecular complexity index is 377. The van der Waals surface area contributed by atoms with Crippen molar-refractivity contribution >= 4 is 11.8 Å². The molecule has 0 N–H and O–H groups in total. The van der Waals surface area contributed by atoms with Gasteiger partial charge in [0.15, 0.2) is 0 Å². The summed E-state index contributed by atoms with van der Waals surface area (Å²) in [6, 6.07) is 1.47. The van der Waals surface area contributed by atoms with Crippen LogP contribution in [0.5, 0.6) is 0 Å². The molecule has 0 bridgehead atoms. The van der Waals surface area contributed by atoms with Gasteiger partial charge in [-0.1, -0.05) is 0 Å². The maximum atomic E-state index is 11.7. The van der Waals surface area contributed by atoms with E-state index in [1.807, 2.05) is 13.8 Å². The molecule has 1 aromatic heterocycles. The van der Waals surface area contributed by atoms with Crippen LogP contribution in [0.2, 0.25) is 0 Å². The molecule has 72 valence electrons. The van der Waals surface area contributed by atoms with Gasteiger partial charge in [0.05, 0.1) is 11.1 Å². The molecule has 2 amide bonds. The van der Waals surface area contributed by atoms with Crippen molar-refractivity contribution in [3.05, 3.63) is 29.6 Å². The Kier molecular flexibility index (Phi) is 1.84. The van der Waals surface area contributed by atoms with Crippen LogP contribution in [-0.2, 0) is 0 Å². The number of carbonyl (C=O) groups excluding carboxylic acids is 2. The van der Waals surface area contributed by atoms with Crippen molar-refractivity contribution in [2.75, 3.05) is 0 Å². The number of hydrogen-bond donors (Lipinski definition) is 0. The Morgan fingerprint density at radius 1 is 1.21 bits per heavy atom. The first-order chi connectivity index (χ1) is 6.63. The molecule has 2 heterocycles. The maximum absolute atomic E-state index is 11.7. The molecule has 1 aliphatic rings. The highest BCUT2D eigenvalue weighted by atomic mass is 16.2. The second-order valence-electron chi connectivity index (χ2n) is 3.50. The largest absolute Gasteiger partial charge is 0.272 e. The third-order valence-corrected chi connectivity index (χ3v) is 2.24. The van der Waals surface area contributed by atoms with Gasteiger partial charge in [0.1, 0.15) is 0 Å². The van der Waals surface area contributed by atoms with E-state index in [1.54, 1.807) is 6.07 Å². The van der Waals surface area contributed by atoms with Crippen LogP contribution in [0.25, 0.3) is 0 Å². The number of aromatic nitrogens is 1. The lowest BCUT2D eigenvalue weighted by atomic mass is 10.2. The van der Waals surface area contributed by atoms with E-state index in [-0.39, 0.29) is 17.9 Å². The van der Waals surface area contributed by atoms with E-state index in [1.165, 1.54) is 17.3 Å². The quantitative estimate of drug-likeness (QED) is 0.623. The lowest BCUT2D eigenvalue weighted by molar-refractivity contribution is 0.0609. The lowest BCUT2D eigenvalue weighted by Crippen LogP contribution is -2.35. The number of nitrogens with zero attached hydrogens (tertiary/aromatic N) is 2. The van der Waals surface area contributed by atoms with E-state index in [2.05, 4.69) is 4.98 Å². The Labute approximate surface area is 81.6 Å². The first kappa shape index (κ1) is 8.87. The predicted molar refractivity (Wildman–Crippen MR) is 49.9 cm³/mol. The van der Waals surface area contributed by atoms with Gasteiger partial charge in [-0.25, -0.2) is 0 Å². The Morgan fingerprint density at radius 2 is 1.86 bits per heavy atom. The summed E-state index contributed by atoms with van der Waals surface area (Å²) in [7, 11) is 0. The molecule has 4 nitrogen and oxygen atoms in total. The average Bonchev–Trinajstić information content (AvgIpc) is 2.41. The van der Waals surface area contributed by atoms with Crippen molar-refractivity contribution in [2.24, 2.45) is 0 Å². The highest BCUT2D eigenvalue weighted by Crippen LogP contribution is 2.23. The van der Waals surface area contributed by atoms with Gasteiger partial charge in [0.2, 0.25) is 0 Å². The number of hydrogen-bond acceptors (Lipinski definition) is 3. The van der Waals surface area contributed by atoms with Gasteiger partial charge in [-0.15, -0.1) is 0 Å². The molecule has 1 aromatic rings. The fraction of sp³-hybridized carbons (Fsp3) is 0.300. The molecular weight excluding hydrogens is 180 g/mol. The number of carbonyl (C=O) groups is 2. The maximum Gasteiger partial charge on any atom is 0.263 e. The van der Waals surface area contributed by atoms with Crippen molar-refractivity contribution in [1.82, 2.24) is 9.88 Å². The number of fused-ring (bicyclic) bond motifs is 1. The first-order valence-electron chi connectivity index (χ1n) is 4.45. The van der Waals surface area contributed by atoms with E-state index < -0.39 is 0 Å². The number of pyridine rings is 1. The minimum atomic E-state index is -0.242. The van der Waals surface area contributed by atoms with E-state index in [4.69, 9.17) is 0 Å². The van der Waals surface area contributed by atoms with Crippen molar-refractivity contribution in [1.29, 1.82) is 0 Å². The molecule has 2 rings (SSSR count). The minimum absolute atomic E-state index is 0.109. The molecule has 0 aromatic carbocycles. The summed E-state index contributed by atoms with van der Waals surface area (Å²) in [5, 5.41) is 0. The fourth-order valence-corrected chi connectivity index (χ4v) is 1.57. The van der Waals surface area contributed by atoms with Gasteiger partial charge in [-0.05, 0) is 19.9 Å². The SMILES string of the molecule is CC(C)N1C(=O)c2ccncc2C1=O. The highest BCUT2D eigenvalue weighted by molar-refractivity contribution is 6.21. The molecule has 0 unspecified atom stereocenters. The zero-order valence-electron chi connectivity index (χ0n) is 8.02. The van der Waals surface area contributed by atoms with Crippen LogP contribution in [0.1, 0.15) is 34.6 Å². The molecule has 0 saturated heterocycles. The minimum Gasteiger partial charge on any atom is -0.272 e. The lowest BCUT2D eigenvalue weighted by Gasteiger charge is -2.17. The van der Waals surface area contributed by atoms with Crippen LogP contribution in [0.3, 0.4) is 0 Å². The van der Waals surface area contributed by atoms with Crippen molar-refractivity contribution in [3.8, 4) is 0 Å². The molecule has 1 aliphatic heterocycles. The molecular formula is C10H10N2O2. The standard InChI is InChI=1S/C10H10N2O2/c1-6(2)12-9(13)7-3-4-11-5-8(7)10(12)14/h3-6H,1-2H3. The third kappa shape index (κ3) is 1.04. The van der Waals surface area contributed by atoms with E-state index >= 15 is 0 Å². The third-order valence-electron chi connectivity index (χ3n) is 2.24. The average molecular weight is 190 g/mol. The Hall–Kier alpha value is -1.71. The fourth-order valence-electron chi connectivity index (χ4n) is 1.57. The summed E-state index contributed by atoms with van der Waals surface area (Å²) in [6.07, 6.45) is 2.96. The van der Waals surface area contributed by atoms with Gasteiger partial charge in [0, 0.05) is 18.4 Å². The van der Waals surface area contributed by atoms with Gasteiger partial charge in [0.25, 0.3) is 11.8 Å². The van der Waals surface area contributed by atoms with Crippen molar-refractivity contribution in [2.45, 2.75) is 19.9 Å². The van der Waals surface area contributed by atoms with Crippen LogP contribution in [0.15, 0.2) is 18.5 Å². The molecule has 0 aliphatic carbocycles. The predicted octanol–water partition coefficient (Wildman–Crippen LogP) is 1.09. The van der Waals surface area contributed by atoms with Crippen molar-refractivity contribution < 1.29 is 9.59 Å². The summed E-state index contributed by atoms with van der Waals surface area (Å²) < 4.78 is 0. The summed E-state index contributed by atoms with van der Waals surface area (Å²) in [6.45, 7) is 3.63. The molecule has 0 saturated carbocycles. The monoisotopic (exact) mass is 190 g/mol. The van der Waals surface area contributed by atoms with Crippen LogP contribution in [0.4, 0.5) is 0 Å². The first-order valence-corrected chi connectivity index (χ1v) is 4.45. The second kappa shape index (κ2) is 2.90. The molecule has 0 fully saturated rings. The van der Waals surface area contributed by atoms with Crippen LogP contribution >= 0.6 is 0 Å². The number of imide groups is 1. The molecule has 0 spiro atoms. The highest BCUT2D eigenvalue weighted by Gasteiger charge is 2.36. The number of amides is 2. The summed E-state index contributed by atoms with van der Waals surface area (Å²) >= 11 is 0. The molecule has 0 atom stereocenters. The molecule has 4 heteroatoms. The van der Waals surface area contributed by atoms with E-state index in [0.717, 1.165) is 0 Å². The number of rotatable bonds is 1. The molecule has 0 radical (unpaired) electrons. The van der Waals surface area contributed by atoms with E-state index in [0.29, 0.717) is 11.1 Å². The Morgan fingerprint density at radius 3 is 2.43 bits per heavy atom. The normalized spacial score (nSPS) is 15.2. The van der Waals surface area contributed by atoms with Gasteiger partial charge >= 0.3 is 0 Å². The molecule has 14 heavy (non-hydrogen) atoms. The summed E-state index contributed by atoms with van der Waals surface area (Å²) in [4.78, 5) is 28.5. The zero-order chi connectivity index (χ0) is 10.3. The van der Waals surface area contributed by atoms with Gasteiger partial charge in [-0.2, -0.15) is 0 Å². The van der Waals surface area contributed by atoms with Crippen LogP contribution in [0, 0.1) is 0 Å². The van der Waals surface area contributed by atoms with Gasteiger partial charge in [-0.3, -0.25) is 19.5 Å². The smallest absolute Gasteiger partial charge is 0.263 e. The van der Waals surface area contributed by atoms with Crippen LogP contribution in [-0.4, -0.2) is 27.7 Å². The Balaban J connectivity index is 2.54. The van der Waals surface area contributed by atoms with E-state index in [9.17, 15) is 9.59 Å². The van der Waals surface area contributed by atoms with Crippen molar-refractivity contribution in [3.63, 3.8) is 0 Å². The van der Waals surface area contributed by atoms with Crippen LogP contribution < -0.4 is 0 Å². The summed E-state index contributed by atoms with van der Waals surface area (Å²) in [5.41, 5.74) is 0.866. The van der Waals surface area contributed by atoms with Gasteiger partial charge < -0.3 is 0 Å². The summed E-state index contributed by atoms with van der Waals surface area (Å²) in [5.74, 6) is -0.462. The topological polar surface area (TPSA) is 50.3 Å². The second-order valence-corrected chi connectivity index (χ2v) is 3.50.